The number of alkyl halides is 2. The summed E-state index contributed by atoms with van der Waals surface area (Å²) < 4.78 is 35.0. The Balaban J connectivity index is 0.00000625. The van der Waals surface area contributed by atoms with Crippen molar-refractivity contribution in [3.05, 3.63) is 29.8 Å². The Labute approximate surface area is 172 Å². The first kappa shape index (κ1) is 24.8. The number of guanidine groups is 1. The second-order valence-corrected chi connectivity index (χ2v) is 6.65. The van der Waals surface area contributed by atoms with Gasteiger partial charge in [0.2, 0.25) is 0 Å². The van der Waals surface area contributed by atoms with E-state index in [1.54, 1.807) is 25.3 Å². The van der Waals surface area contributed by atoms with Crippen LogP contribution < -0.4 is 15.4 Å². The van der Waals surface area contributed by atoms with Crippen LogP contribution in [0.1, 0.15) is 33.3 Å². The number of benzene rings is 1. The fourth-order valence-electron chi connectivity index (χ4n) is 2.28. The molecule has 0 saturated heterocycles. The number of hydrogen-bond acceptors (Lipinski definition) is 3. The zero-order chi connectivity index (χ0) is 18.9. The fraction of sp³-hybridized carbons (Fsp3) is 0.611. The number of methoxy groups -OCH3 is 1. The number of ether oxygens (including phenoxy) is 2. The molecule has 0 radical (unpaired) electrons. The quantitative estimate of drug-likeness (QED) is 0.332. The van der Waals surface area contributed by atoms with Crippen molar-refractivity contribution in [2.24, 2.45) is 10.4 Å². The first-order chi connectivity index (χ1) is 11.8. The smallest absolute Gasteiger partial charge is 0.387 e. The first-order valence-corrected chi connectivity index (χ1v) is 8.35. The maximum atomic E-state index is 12.5. The molecule has 0 heterocycles. The van der Waals surface area contributed by atoms with Crippen LogP contribution in [0.4, 0.5) is 8.78 Å². The lowest BCUT2D eigenvalue weighted by molar-refractivity contribution is -0.0504. The molecule has 26 heavy (non-hydrogen) atoms. The molecule has 0 spiro atoms. The van der Waals surface area contributed by atoms with Crippen molar-refractivity contribution in [2.75, 3.05) is 20.2 Å². The summed E-state index contributed by atoms with van der Waals surface area (Å²) in [6.07, 6.45) is 0.00538. The lowest BCUT2D eigenvalue weighted by atomic mass is 9.89. The van der Waals surface area contributed by atoms with E-state index in [1.165, 1.54) is 6.07 Å². The number of halogens is 3. The van der Waals surface area contributed by atoms with Gasteiger partial charge in [0.1, 0.15) is 5.75 Å². The largest absolute Gasteiger partial charge is 0.434 e. The molecule has 0 aliphatic heterocycles. The predicted octanol–water partition coefficient (Wildman–Crippen LogP) is 4.02. The van der Waals surface area contributed by atoms with Crippen LogP contribution in [-0.2, 0) is 11.3 Å². The number of rotatable bonds is 8. The van der Waals surface area contributed by atoms with Crippen LogP contribution in [0.25, 0.3) is 0 Å². The minimum atomic E-state index is -2.86. The Kier molecular flexibility index (Phi) is 11.7. The van der Waals surface area contributed by atoms with Gasteiger partial charge >= 0.3 is 6.61 Å². The van der Waals surface area contributed by atoms with E-state index in [9.17, 15) is 8.78 Å². The van der Waals surface area contributed by atoms with Gasteiger partial charge in [0, 0.05) is 25.8 Å². The Hall–Kier alpha value is -1.16. The third-order valence-electron chi connectivity index (χ3n) is 3.65. The van der Waals surface area contributed by atoms with E-state index < -0.39 is 6.61 Å². The highest BCUT2D eigenvalue weighted by Gasteiger charge is 2.24. The Bertz CT molecular complexity index is 551. The Morgan fingerprint density at radius 3 is 2.38 bits per heavy atom. The van der Waals surface area contributed by atoms with Gasteiger partial charge in [-0.1, -0.05) is 39.0 Å². The Morgan fingerprint density at radius 1 is 1.19 bits per heavy atom. The standard InChI is InChI=1S/C18H29F2N3O2.HI/c1-6-21-17(23-12-15(24-5)18(2,3)4)22-11-13-9-7-8-10-14(13)25-16(19)20;/h7-10,15-16H,6,11-12H2,1-5H3,(H2,21,22,23);1H. The highest BCUT2D eigenvalue weighted by Crippen LogP contribution is 2.22. The summed E-state index contributed by atoms with van der Waals surface area (Å²) in [7, 11) is 1.68. The van der Waals surface area contributed by atoms with E-state index in [0.717, 1.165) is 0 Å². The van der Waals surface area contributed by atoms with Crippen molar-refractivity contribution in [1.29, 1.82) is 0 Å². The molecule has 0 aromatic heterocycles. The van der Waals surface area contributed by atoms with Crippen LogP contribution >= 0.6 is 24.0 Å². The summed E-state index contributed by atoms with van der Waals surface area (Å²) >= 11 is 0. The SMILES string of the molecule is CCNC(=NCc1ccccc1OC(F)F)NCC(OC)C(C)(C)C.I. The lowest BCUT2D eigenvalue weighted by Crippen LogP contribution is -2.45. The molecule has 0 bridgehead atoms. The Morgan fingerprint density at radius 2 is 1.85 bits per heavy atom. The van der Waals surface area contributed by atoms with Gasteiger partial charge in [0.05, 0.1) is 12.6 Å². The number of nitrogens with zero attached hydrogens (tertiary/aromatic N) is 1. The zero-order valence-corrected chi connectivity index (χ0v) is 18.3. The molecule has 1 unspecified atom stereocenters. The molecular formula is C18H30F2IN3O2. The van der Waals surface area contributed by atoms with Gasteiger partial charge in [0.25, 0.3) is 0 Å². The highest BCUT2D eigenvalue weighted by atomic mass is 127. The minimum absolute atomic E-state index is 0. The molecule has 0 fully saturated rings. The second-order valence-electron chi connectivity index (χ2n) is 6.65. The van der Waals surface area contributed by atoms with Gasteiger partial charge in [-0.3, -0.25) is 0 Å². The highest BCUT2D eigenvalue weighted by molar-refractivity contribution is 14.0. The summed E-state index contributed by atoms with van der Waals surface area (Å²) in [4.78, 5) is 4.45. The monoisotopic (exact) mass is 485 g/mol. The summed E-state index contributed by atoms with van der Waals surface area (Å²) in [5.41, 5.74) is 0.579. The van der Waals surface area contributed by atoms with Crippen molar-refractivity contribution in [3.8, 4) is 5.75 Å². The van der Waals surface area contributed by atoms with Crippen LogP contribution in [-0.4, -0.2) is 38.9 Å². The summed E-state index contributed by atoms with van der Waals surface area (Å²) in [6, 6.07) is 6.65. The van der Waals surface area contributed by atoms with Crippen LogP contribution in [0.15, 0.2) is 29.3 Å². The van der Waals surface area contributed by atoms with E-state index in [4.69, 9.17) is 4.74 Å². The molecule has 0 amide bonds. The van der Waals surface area contributed by atoms with Crippen LogP contribution in [0.5, 0.6) is 5.75 Å². The molecule has 2 N–H and O–H groups in total. The van der Waals surface area contributed by atoms with Crippen LogP contribution in [0.3, 0.4) is 0 Å². The molecule has 8 heteroatoms. The summed E-state index contributed by atoms with van der Waals surface area (Å²) in [6.45, 7) is 6.91. The van der Waals surface area contributed by atoms with E-state index >= 15 is 0 Å². The molecule has 150 valence electrons. The molecular weight excluding hydrogens is 455 g/mol. The van der Waals surface area contributed by atoms with E-state index in [-0.39, 0.29) is 47.8 Å². The van der Waals surface area contributed by atoms with Crippen molar-refractivity contribution in [1.82, 2.24) is 10.6 Å². The molecule has 0 aliphatic rings. The van der Waals surface area contributed by atoms with Crippen molar-refractivity contribution < 1.29 is 18.3 Å². The second kappa shape index (κ2) is 12.3. The third-order valence-corrected chi connectivity index (χ3v) is 3.65. The molecule has 1 rings (SSSR count). The summed E-state index contributed by atoms with van der Waals surface area (Å²) in [5.74, 6) is 0.738. The first-order valence-electron chi connectivity index (χ1n) is 8.35. The predicted molar refractivity (Wildman–Crippen MR) is 112 cm³/mol. The minimum Gasteiger partial charge on any atom is -0.434 e. The maximum Gasteiger partial charge on any atom is 0.387 e. The number of aliphatic imine (C=N–C) groups is 1. The van der Waals surface area contributed by atoms with E-state index in [2.05, 4.69) is 41.1 Å². The molecule has 0 aliphatic carbocycles. The van der Waals surface area contributed by atoms with Crippen molar-refractivity contribution >= 4 is 29.9 Å². The zero-order valence-electron chi connectivity index (χ0n) is 16.0. The molecule has 0 saturated carbocycles. The van der Waals surface area contributed by atoms with Crippen LogP contribution in [0, 0.1) is 5.41 Å². The molecule has 1 aromatic rings. The average Bonchev–Trinajstić information content (AvgIpc) is 2.52. The fourth-order valence-corrected chi connectivity index (χ4v) is 2.28. The van der Waals surface area contributed by atoms with Gasteiger partial charge in [-0.25, -0.2) is 4.99 Å². The average molecular weight is 485 g/mol. The molecule has 1 atom stereocenters. The van der Waals surface area contributed by atoms with Gasteiger partial charge in [0.15, 0.2) is 5.96 Å². The molecule has 1 aromatic carbocycles. The summed E-state index contributed by atoms with van der Waals surface area (Å²) in [5, 5.41) is 6.37. The van der Waals surface area contributed by atoms with Crippen molar-refractivity contribution in [2.45, 2.75) is 47.0 Å². The van der Waals surface area contributed by atoms with Gasteiger partial charge in [-0.05, 0) is 18.4 Å². The van der Waals surface area contributed by atoms with Gasteiger partial charge in [-0.2, -0.15) is 8.78 Å². The topological polar surface area (TPSA) is 54.9 Å². The van der Waals surface area contributed by atoms with Gasteiger partial charge in [-0.15, -0.1) is 24.0 Å². The van der Waals surface area contributed by atoms with E-state index in [1.807, 2.05) is 6.92 Å². The normalized spacial score (nSPS) is 13.2. The van der Waals surface area contributed by atoms with Crippen molar-refractivity contribution in [3.63, 3.8) is 0 Å². The third kappa shape index (κ3) is 8.98. The number of para-hydroxylation sites is 1. The maximum absolute atomic E-state index is 12.5. The number of nitrogens with one attached hydrogen (secondary N) is 2. The molecule has 5 nitrogen and oxygen atoms in total. The van der Waals surface area contributed by atoms with E-state index in [0.29, 0.717) is 24.6 Å². The van der Waals surface area contributed by atoms with Crippen LogP contribution in [0.2, 0.25) is 0 Å². The number of hydrogen-bond donors (Lipinski definition) is 2. The lowest BCUT2D eigenvalue weighted by Gasteiger charge is -2.30. The van der Waals surface area contributed by atoms with Gasteiger partial charge < -0.3 is 20.1 Å².